The Bertz CT molecular complexity index is 544. The minimum atomic E-state index is -0.572. The van der Waals surface area contributed by atoms with Crippen LogP contribution in [0.4, 0.5) is 4.79 Å². The van der Waals surface area contributed by atoms with Crippen molar-refractivity contribution >= 4 is 11.9 Å². The lowest BCUT2D eigenvalue weighted by atomic mass is 10.3. The molecule has 1 heterocycles. The Morgan fingerprint density at radius 3 is 2.57 bits per heavy atom. The van der Waals surface area contributed by atoms with Crippen LogP contribution in [0.1, 0.15) is 0 Å². The summed E-state index contributed by atoms with van der Waals surface area (Å²) < 4.78 is 5.26. The fourth-order valence-corrected chi connectivity index (χ4v) is 1.63. The maximum atomic E-state index is 12.2. The summed E-state index contributed by atoms with van der Waals surface area (Å²) in [4.78, 5) is 27.2. The summed E-state index contributed by atoms with van der Waals surface area (Å²) in [5, 5.41) is 0. The monoisotopic (exact) mass is 292 g/mol. The summed E-state index contributed by atoms with van der Waals surface area (Å²) in [5.41, 5.74) is 5.18. The smallest absolute Gasteiger partial charge is 0.410 e. The number of benzene rings is 1. The number of amides is 1. The number of ether oxygens (including phenoxy) is 1. The van der Waals surface area contributed by atoms with Crippen molar-refractivity contribution in [1.29, 1.82) is 0 Å². The number of rotatable bonds is 4. The molecule has 0 aromatic heterocycles. The highest BCUT2D eigenvalue weighted by atomic mass is 16.6. The minimum absolute atomic E-state index is 0.0690. The van der Waals surface area contributed by atoms with Crippen molar-refractivity contribution in [1.82, 2.24) is 15.9 Å². The molecule has 1 aliphatic heterocycles. The van der Waals surface area contributed by atoms with Gasteiger partial charge in [0, 0.05) is 6.08 Å². The van der Waals surface area contributed by atoms with Gasteiger partial charge in [-0.2, -0.15) is 0 Å². The van der Waals surface area contributed by atoms with Crippen molar-refractivity contribution in [3.63, 3.8) is 0 Å². The summed E-state index contributed by atoms with van der Waals surface area (Å²) >= 11 is 0. The molecule has 0 fully saturated rings. The van der Waals surface area contributed by atoms with E-state index in [1.807, 2.05) is 6.07 Å². The minimum Gasteiger partial charge on any atom is -0.410 e. The van der Waals surface area contributed by atoms with E-state index in [9.17, 15) is 4.79 Å². The van der Waals surface area contributed by atoms with Crippen molar-refractivity contribution in [2.75, 3.05) is 20.9 Å². The van der Waals surface area contributed by atoms with Crippen molar-refractivity contribution in [3.05, 3.63) is 42.2 Å². The van der Waals surface area contributed by atoms with Gasteiger partial charge in [0.05, 0.1) is 14.2 Å². The summed E-state index contributed by atoms with van der Waals surface area (Å²) in [6.07, 6.45) is 0.986. The molecule has 1 aliphatic rings. The Kier molecular flexibility index (Phi) is 5.13. The van der Waals surface area contributed by atoms with E-state index in [-0.39, 0.29) is 6.67 Å². The zero-order chi connectivity index (χ0) is 15.1. The predicted octanol–water partition coefficient (Wildman–Crippen LogP) is 1.00. The third kappa shape index (κ3) is 3.94. The molecule has 0 aliphatic carbocycles. The third-order valence-electron chi connectivity index (χ3n) is 2.53. The molecule has 0 spiro atoms. The lowest BCUT2D eigenvalue weighted by Crippen LogP contribution is -2.42. The van der Waals surface area contributed by atoms with Gasteiger partial charge in [0.15, 0.2) is 0 Å². The normalized spacial score (nSPS) is 14.1. The van der Waals surface area contributed by atoms with Crippen LogP contribution in [0, 0.1) is 0 Å². The molecule has 1 aromatic carbocycles. The van der Waals surface area contributed by atoms with Crippen LogP contribution in [0.5, 0.6) is 5.75 Å². The van der Waals surface area contributed by atoms with Gasteiger partial charge in [-0.15, -0.1) is 0 Å². The number of carbonyl (C=O) groups excluding carboxylic acids is 1. The van der Waals surface area contributed by atoms with Gasteiger partial charge in [-0.1, -0.05) is 18.2 Å². The van der Waals surface area contributed by atoms with Gasteiger partial charge in [0.1, 0.15) is 24.1 Å². The van der Waals surface area contributed by atoms with Crippen LogP contribution >= 0.6 is 0 Å². The molecule has 8 heteroatoms. The second kappa shape index (κ2) is 7.27. The SMILES string of the molecule is CONC1=CC(NOC)=NCN1C(=O)Oc1ccccc1. The highest BCUT2D eigenvalue weighted by Gasteiger charge is 2.24. The maximum Gasteiger partial charge on any atom is 0.422 e. The van der Waals surface area contributed by atoms with E-state index in [1.54, 1.807) is 30.3 Å². The Labute approximate surface area is 121 Å². The van der Waals surface area contributed by atoms with Gasteiger partial charge in [-0.05, 0) is 12.1 Å². The van der Waals surface area contributed by atoms with Crippen molar-refractivity contribution in [3.8, 4) is 5.75 Å². The van der Waals surface area contributed by atoms with Gasteiger partial charge in [0.25, 0.3) is 0 Å². The first-order valence-corrected chi connectivity index (χ1v) is 6.13. The van der Waals surface area contributed by atoms with Gasteiger partial charge >= 0.3 is 6.09 Å². The first kappa shape index (κ1) is 14.8. The number of nitrogens with zero attached hydrogens (tertiary/aromatic N) is 2. The van der Waals surface area contributed by atoms with E-state index >= 15 is 0 Å². The van der Waals surface area contributed by atoms with Crippen LogP contribution in [-0.4, -0.2) is 37.7 Å². The quantitative estimate of drug-likeness (QED) is 0.805. The summed E-state index contributed by atoms with van der Waals surface area (Å²) in [5.74, 6) is 1.29. The number of carbonyl (C=O) groups is 1. The van der Waals surface area contributed by atoms with Crippen molar-refractivity contribution < 1.29 is 19.2 Å². The fraction of sp³-hybridized carbons (Fsp3) is 0.231. The maximum absolute atomic E-state index is 12.2. The molecular formula is C13H16N4O4. The molecule has 8 nitrogen and oxygen atoms in total. The first-order valence-electron chi connectivity index (χ1n) is 6.13. The van der Waals surface area contributed by atoms with Crippen molar-refractivity contribution in [2.24, 2.45) is 4.99 Å². The van der Waals surface area contributed by atoms with Crippen molar-refractivity contribution in [2.45, 2.75) is 0 Å². The summed E-state index contributed by atoms with van der Waals surface area (Å²) in [6, 6.07) is 8.78. The lowest BCUT2D eigenvalue weighted by Gasteiger charge is -2.26. The largest absolute Gasteiger partial charge is 0.422 e. The molecule has 0 radical (unpaired) electrons. The molecule has 1 aromatic rings. The third-order valence-corrected chi connectivity index (χ3v) is 2.53. The number of nitrogens with one attached hydrogen (secondary N) is 2. The van der Waals surface area contributed by atoms with Gasteiger partial charge in [-0.3, -0.25) is 15.2 Å². The molecule has 2 N–H and O–H groups in total. The van der Waals surface area contributed by atoms with E-state index in [0.717, 1.165) is 0 Å². The zero-order valence-electron chi connectivity index (χ0n) is 11.7. The number of hydrogen-bond acceptors (Lipinski definition) is 7. The molecule has 21 heavy (non-hydrogen) atoms. The van der Waals surface area contributed by atoms with Crippen LogP contribution in [-0.2, 0) is 9.68 Å². The van der Waals surface area contributed by atoms with E-state index in [0.29, 0.717) is 17.4 Å². The Hall–Kier alpha value is -2.58. The van der Waals surface area contributed by atoms with Crippen LogP contribution in [0.3, 0.4) is 0 Å². The number of aliphatic imine (C=N–C) groups is 1. The van der Waals surface area contributed by atoms with Crippen LogP contribution in [0.25, 0.3) is 0 Å². The van der Waals surface area contributed by atoms with Crippen LogP contribution < -0.4 is 15.7 Å². The van der Waals surface area contributed by atoms with E-state index in [2.05, 4.69) is 16.0 Å². The fourth-order valence-electron chi connectivity index (χ4n) is 1.63. The molecular weight excluding hydrogens is 276 g/mol. The van der Waals surface area contributed by atoms with Crippen LogP contribution in [0.2, 0.25) is 0 Å². The summed E-state index contributed by atoms with van der Waals surface area (Å²) in [6.45, 7) is 0.0690. The van der Waals surface area contributed by atoms with Crippen LogP contribution in [0.15, 0.2) is 47.2 Å². The Balaban J connectivity index is 2.08. The van der Waals surface area contributed by atoms with Gasteiger partial charge in [0.2, 0.25) is 0 Å². The number of hydroxylamine groups is 2. The molecule has 0 bridgehead atoms. The highest BCUT2D eigenvalue weighted by molar-refractivity contribution is 5.94. The number of hydrogen-bond donors (Lipinski definition) is 2. The molecule has 0 saturated heterocycles. The molecule has 1 amide bonds. The van der Waals surface area contributed by atoms with E-state index in [4.69, 9.17) is 14.4 Å². The topological polar surface area (TPSA) is 84.4 Å². The Morgan fingerprint density at radius 2 is 1.90 bits per heavy atom. The average molecular weight is 292 g/mol. The van der Waals surface area contributed by atoms with E-state index in [1.165, 1.54) is 19.1 Å². The predicted molar refractivity (Wildman–Crippen MR) is 75.0 cm³/mol. The van der Waals surface area contributed by atoms with Gasteiger partial charge in [-0.25, -0.2) is 20.2 Å². The highest BCUT2D eigenvalue weighted by Crippen LogP contribution is 2.14. The zero-order valence-corrected chi connectivity index (χ0v) is 11.7. The molecule has 0 saturated carbocycles. The molecule has 112 valence electrons. The Morgan fingerprint density at radius 1 is 1.19 bits per heavy atom. The second-order valence-electron chi connectivity index (χ2n) is 3.94. The average Bonchev–Trinajstić information content (AvgIpc) is 2.49. The van der Waals surface area contributed by atoms with E-state index < -0.39 is 6.09 Å². The lowest BCUT2D eigenvalue weighted by molar-refractivity contribution is 0.0832. The molecule has 2 rings (SSSR count). The summed E-state index contributed by atoms with van der Waals surface area (Å²) in [7, 11) is 2.91. The second-order valence-corrected chi connectivity index (χ2v) is 3.94. The number of amidine groups is 1. The van der Waals surface area contributed by atoms with Gasteiger partial charge < -0.3 is 4.74 Å². The standard InChI is InChI=1S/C13H16N4O4/c1-19-15-11-8-12(16-20-2)17(9-14-11)13(18)21-10-6-4-3-5-7-10/h3-8,16H,9H2,1-2H3,(H,14,15). The molecule has 0 atom stereocenters. The first-order chi connectivity index (χ1) is 10.2. The number of para-hydroxylation sites is 1. The molecule has 0 unspecified atom stereocenters.